The van der Waals surface area contributed by atoms with Crippen LogP contribution in [0, 0.1) is 5.92 Å². The summed E-state index contributed by atoms with van der Waals surface area (Å²) in [5.74, 6) is 1.25. The molecule has 4 aromatic rings. The molecule has 0 bridgehead atoms. The highest BCUT2D eigenvalue weighted by Crippen LogP contribution is 2.39. The first-order valence-corrected chi connectivity index (χ1v) is 14.1. The van der Waals surface area contributed by atoms with E-state index in [2.05, 4.69) is 43.4 Å². The molecule has 11 nitrogen and oxygen atoms in total. The number of nitrogens with zero attached hydrogens (tertiary/aromatic N) is 5. The van der Waals surface area contributed by atoms with E-state index >= 15 is 0 Å². The number of aryl methyl sites for hydroxylation is 1. The van der Waals surface area contributed by atoms with Crippen LogP contribution >= 0.6 is 0 Å². The van der Waals surface area contributed by atoms with Crippen LogP contribution in [0.25, 0.3) is 22.1 Å². The quantitative estimate of drug-likeness (QED) is 0.230. The van der Waals surface area contributed by atoms with Crippen molar-refractivity contribution < 1.29 is 32.9 Å². The van der Waals surface area contributed by atoms with Crippen LogP contribution in [0.15, 0.2) is 36.8 Å². The number of halogens is 3. The lowest BCUT2D eigenvalue weighted by Crippen LogP contribution is -2.52. The number of aliphatic hydroxyl groups is 2. The molecule has 6 rings (SSSR count). The summed E-state index contributed by atoms with van der Waals surface area (Å²) >= 11 is 0. The number of benzene rings is 1. The minimum Gasteiger partial charge on any atom is -0.406 e. The van der Waals surface area contributed by atoms with Gasteiger partial charge in [-0.05, 0) is 57.2 Å². The smallest absolute Gasteiger partial charge is 0.406 e. The van der Waals surface area contributed by atoms with Gasteiger partial charge in [-0.25, -0.2) is 15.0 Å². The van der Waals surface area contributed by atoms with Gasteiger partial charge in [0, 0.05) is 37.3 Å². The highest BCUT2D eigenvalue weighted by Gasteiger charge is 2.46. The number of aliphatic hydroxyl groups excluding tert-OH is 2. The molecule has 1 aromatic carbocycles. The molecular weight excluding hydrogens is 555 g/mol. The average molecular weight is 590 g/mol. The third-order valence-corrected chi connectivity index (χ3v) is 8.41. The Morgan fingerprint density at radius 3 is 2.71 bits per heavy atom. The maximum atomic E-state index is 12.5. The predicted octanol–water partition coefficient (Wildman–Crippen LogP) is 3.53. The number of nitrogen functional groups attached to an aromatic ring is 1. The number of hydrogen-bond acceptors (Lipinski definition) is 9. The maximum Gasteiger partial charge on any atom is 0.573 e. The Balaban J connectivity index is 1.04. The molecule has 1 saturated heterocycles. The number of fused-ring (bicyclic) bond motifs is 2. The Bertz CT molecular complexity index is 1550. The summed E-state index contributed by atoms with van der Waals surface area (Å²) in [6, 6.07) is 6.35. The highest BCUT2D eigenvalue weighted by atomic mass is 19.4. The largest absolute Gasteiger partial charge is 0.573 e. The third-order valence-electron chi connectivity index (χ3n) is 8.41. The summed E-state index contributed by atoms with van der Waals surface area (Å²) in [6.45, 7) is 4.67. The zero-order chi connectivity index (χ0) is 29.8. The fourth-order valence-electron chi connectivity index (χ4n) is 6.20. The number of nitrogens with two attached hydrogens (primary N) is 1. The molecule has 226 valence electrons. The van der Waals surface area contributed by atoms with E-state index in [-0.39, 0.29) is 11.8 Å². The fraction of sp³-hybridized carbons (Fsp3) is 0.536. The summed E-state index contributed by atoms with van der Waals surface area (Å²) in [4.78, 5) is 18.2. The molecule has 0 radical (unpaired) electrons. The van der Waals surface area contributed by atoms with E-state index in [4.69, 9.17) is 10.5 Å². The van der Waals surface area contributed by atoms with Crippen LogP contribution < -0.4 is 10.5 Å². The molecule has 1 saturated carbocycles. The Morgan fingerprint density at radius 1 is 1.19 bits per heavy atom. The first kappa shape index (κ1) is 28.6. The van der Waals surface area contributed by atoms with E-state index in [1.54, 1.807) is 16.8 Å². The van der Waals surface area contributed by atoms with Crippen molar-refractivity contribution in [1.82, 2.24) is 29.4 Å². The van der Waals surface area contributed by atoms with Crippen molar-refractivity contribution in [2.75, 3.05) is 12.3 Å². The second-order valence-electron chi connectivity index (χ2n) is 11.5. The molecule has 5 N–H and O–H groups in total. The average Bonchev–Trinajstić information content (AvgIpc) is 3.58. The molecular formula is C28H34F3N7O4. The van der Waals surface area contributed by atoms with Crippen molar-refractivity contribution in [2.45, 2.75) is 82.5 Å². The Hall–Kier alpha value is -3.46. The van der Waals surface area contributed by atoms with Crippen molar-refractivity contribution in [3.8, 4) is 5.75 Å². The van der Waals surface area contributed by atoms with Crippen molar-refractivity contribution in [3.63, 3.8) is 0 Å². The summed E-state index contributed by atoms with van der Waals surface area (Å²) in [5, 5.41) is 22.4. The number of nitrogens with one attached hydrogen (secondary N) is 1. The van der Waals surface area contributed by atoms with E-state index in [1.807, 2.05) is 0 Å². The van der Waals surface area contributed by atoms with E-state index in [0.29, 0.717) is 52.8 Å². The molecule has 0 spiro atoms. The van der Waals surface area contributed by atoms with Gasteiger partial charge in [-0.2, -0.15) is 0 Å². The second kappa shape index (κ2) is 11.0. The van der Waals surface area contributed by atoms with Gasteiger partial charge in [0.25, 0.3) is 0 Å². The molecule has 4 atom stereocenters. The van der Waals surface area contributed by atoms with Crippen LogP contribution in [0.2, 0.25) is 0 Å². The number of rotatable bonds is 9. The van der Waals surface area contributed by atoms with Crippen molar-refractivity contribution in [2.24, 2.45) is 5.92 Å². The molecule has 2 aliphatic rings. The minimum absolute atomic E-state index is 0.200. The van der Waals surface area contributed by atoms with Crippen LogP contribution in [-0.4, -0.2) is 82.9 Å². The van der Waals surface area contributed by atoms with Crippen LogP contribution in [-0.2, 0) is 11.2 Å². The van der Waals surface area contributed by atoms with Crippen LogP contribution in [0.1, 0.15) is 45.2 Å². The van der Waals surface area contributed by atoms with Gasteiger partial charge in [0.2, 0.25) is 0 Å². The summed E-state index contributed by atoms with van der Waals surface area (Å²) in [7, 11) is 0. The predicted molar refractivity (Wildman–Crippen MR) is 147 cm³/mol. The topological polar surface area (TPSA) is 148 Å². The van der Waals surface area contributed by atoms with Gasteiger partial charge >= 0.3 is 6.36 Å². The molecule has 14 heteroatoms. The van der Waals surface area contributed by atoms with Gasteiger partial charge in [0.1, 0.15) is 47.7 Å². The van der Waals surface area contributed by atoms with Gasteiger partial charge in [0.15, 0.2) is 6.23 Å². The summed E-state index contributed by atoms with van der Waals surface area (Å²) in [5.41, 5.74) is 7.58. The van der Waals surface area contributed by atoms with Crippen LogP contribution in [0.5, 0.6) is 5.75 Å². The fourth-order valence-corrected chi connectivity index (χ4v) is 6.20. The number of anilines is 1. The normalized spacial score (nSPS) is 26.5. The third kappa shape index (κ3) is 5.63. The van der Waals surface area contributed by atoms with Gasteiger partial charge in [-0.15, -0.1) is 13.2 Å². The van der Waals surface area contributed by atoms with Crippen molar-refractivity contribution in [3.05, 3.63) is 42.6 Å². The SMILES string of the molecule is CC(C)N(CC1OC(n2ccc3c(N)ncnc32)C(O)C1O)C1CC(CCc2nc3ccc(OC(F)(F)F)cc3[nH]2)C1. The number of ether oxygens (including phenoxy) is 2. The number of imidazole rings is 1. The molecule has 0 amide bonds. The number of aromatic nitrogens is 5. The molecule has 42 heavy (non-hydrogen) atoms. The second-order valence-corrected chi connectivity index (χ2v) is 11.5. The number of hydrogen-bond donors (Lipinski definition) is 4. The maximum absolute atomic E-state index is 12.5. The molecule has 1 aliphatic carbocycles. The first-order valence-electron chi connectivity index (χ1n) is 14.1. The number of aromatic amines is 1. The zero-order valence-corrected chi connectivity index (χ0v) is 23.2. The Kier molecular flexibility index (Phi) is 7.50. The minimum atomic E-state index is -4.74. The van der Waals surface area contributed by atoms with Gasteiger partial charge < -0.3 is 35.0 Å². The lowest BCUT2D eigenvalue weighted by atomic mass is 9.76. The van der Waals surface area contributed by atoms with Gasteiger partial charge in [-0.1, -0.05) is 0 Å². The van der Waals surface area contributed by atoms with Crippen LogP contribution in [0.4, 0.5) is 19.0 Å². The summed E-state index contributed by atoms with van der Waals surface area (Å²) < 4.78 is 49.5. The van der Waals surface area contributed by atoms with Crippen molar-refractivity contribution >= 4 is 27.9 Å². The lowest BCUT2D eigenvalue weighted by molar-refractivity contribution is -0.274. The van der Waals surface area contributed by atoms with E-state index in [1.165, 1.54) is 24.5 Å². The standard InChI is InChI=1S/C28H34F3N7O4/c1-14(2)38(12-21-23(39)24(40)27(41-21)37-8-7-18-25(32)33-13-34-26(18)37)16-9-15(10-16)3-6-22-35-19-5-4-17(11-20(19)36-22)42-28(29,30)31/h4-5,7-8,11,13-16,21,23-24,27,39-40H,3,6,9-10,12H2,1-2H3,(H,35,36)(H2,32,33,34). The van der Waals surface area contributed by atoms with E-state index in [0.717, 1.165) is 25.1 Å². The van der Waals surface area contributed by atoms with Gasteiger partial charge in [-0.3, -0.25) is 4.90 Å². The number of H-pyrrole nitrogens is 1. The molecule has 3 aromatic heterocycles. The first-order chi connectivity index (χ1) is 20.0. The molecule has 4 unspecified atom stereocenters. The Labute approximate surface area is 239 Å². The monoisotopic (exact) mass is 589 g/mol. The summed E-state index contributed by atoms with van der Waals surface area (Å²) in [6.07, 6.45) is -1.75. The lowest BCUT2D eigenvalue weighted by Gasteiger charge is -2.46. The van der Waals surface area contributed by atoms with E-state index in [9.17, 15) is 23.4 Å². The zero-order valence-electron chi connectivity index (χ0n) is 23.2. The Morgan fingerprint density at radius 2 is 1.98 bits per heavy atom. The van der Waals surface area contributed by atoms with Gasteiger partial charge in [0.05, 0.1) is 16.4 Å². The van der Waals surface area contributed by atoms with Crippen molar-refractivity contribution in [1.29, 1.82) is 0 Å². The van der Waals surface area contributed by atoms with Crippen LogP contribution in [0.3, 0.4) is 0 Å². The van der Waals surface area contributed by atoms with E-state index < -0.39 is 30.9 Å². The highest BCUT2D eigenvalue weighted by molar-refractivity contribution is 5.86. The molecule has 1 aliphatic heterocycles. The molecule has 2 fully saturated rings. The molecule has 4 heterocycles. The number of alkyl halides is 3.